The van der Waals surface area contributed by atoms with E-state index in [2.05, 4.69) is 66.1 Å². The molecule has 0 bridgehead atoms. The van der Waals surface area contributed by atoms with E-state index >= 15 is 0 Å². The van der Waals surface area contributed by atoms with Gasteiger partial charge in [0.05, 0.1) is 55.1 Å². The van der Waals surface area contributed by atoms with Crippen molar-refractivity contribution < 1.29 is 72.9 Å². The molecule has 0 aliphatic carbocycles. The molecule has 0 amide bonds. The van der Waals surface area contributed by atoms with Crippen molar-refractivity contribution >= 4 is 32.8 Å². The zero-order valence-corrected chi connectivity index (χ0v) is 52.8. The van der Waals surface area contributed by atoms with Gasteiger partial charge in [0.25, 0.3) is 6.33 Å². The molecule has 454 valence electrons. The van der Waals surface area contributed by atoms with E-state index in [-0.39, 0.29) is 71.8 Å². The van der Waals surface area contributed by atoms with E-state index < -0.39 is 248 Å². The second-order valence-corrected chi connectivity index (χ2v) is 23.7. The largest absolute Gasteiger partial charge is 0.510 e. The molecule has 93 heavy (non-hydrogen) atoms. The van der Waals surface area contributed by atoms with Crippen LogP contribution in [0.25, 0.3) is 128 Å². The van der Waals surface area contributed by atoms with Crippen LogP contribution in [0.4, 0.5) is 0 Å². The Morgan fingerprint density at radius 1 is 0.452 bits per heavy atom. The minimum absolute atomic E-state index is 0. The monoisotopic (exact) mass is 1410 g/mol. The molecule has 0 spiro atoms. The summed E-state index contributed by atoms with van der Waals surface area (Å²) in [6.07, 6.45) is 4.56. The van der Waals surface area contributed by atoms with E-state index in [4.69, 9.17) is 34.4 Å². The molecule has 0 saturated heterocycles. The molecule has 15 rings (SSSR count). The Balaban J connectivity index is 0.0000125. The molecule has 5 nitrogen and oxygen atoms in total. The predicted molar refractivity (Wildman–Crippen MR) is 380 cm³/mol. The van der Waals surface area contributed by atoms with Crippen LogP contribution < -0.4 is 9.30 Å². The normalized spacial score (nSPS) is 16.6. The number of imidazole rings is 1. The van der Waals surface area contributed by atoms with Gasteiger partial charge in [0, 0.05) is 54.0 Å². The van der Waals surface area contributed by atoms with Crippen molar-refractivity contribution in [2.75, 3.05) is 0 Å². The molecular weight excluding hydrogens is 1310 g/mol. The number of hydrogen-bond donors (Lipinski definition) is 0. The van der Waals surface area contributed by atoms with Crippen LogP contribution >= 0.6 is 0 Å². The van der Waals surface area contributed by atoms with Crippen LogP contribution in [0.3, 0.4) is 0 Å². The predicted octanol–water partition coefficient (Wildman–Crippen LogP) is 22.2. The van der Waals surface area contributed by atoms with E-state index in [9.17, 15) is 17.8 Å². The van der Waals surface area contributed by atoms with Crippen LogP contribution in [0.5, 0.6) is 11.5 Å². The van der Waals surface area contributed by atoms with Crippen LogP contribution in [0.1, 0.15) is 101 Å². The second-order valence-electron chi connectivity index (χ2n) is 23.7. The average molecular weight is 1410 g/mol. The molecule has 0 saturated carbocycles. The van der Waals surface area contributed by atoms with Crippen molar-refractivity contribution in [3.05, 3.63) is 320 Å². The molecule has 6 heteroatoms. The number of ether oxygens (including phenoxy) is 1. The number of pyridine rings is 1. The molecule has 15 aromatic rings. The Morgan fingerprint density at radius 2 is 0.989 bits per heavy atom. The third-order valence-electron chi connectivity index (χ3n) is 15.7. The van der Waals surface area contributed by atoms with E-state index in [0.29, 0.717) is 32.9 Å². The van der Waals surface area contributed by atoms with Gasteiger partial charge in [0.2, 0.25) is 0 Å². The smallest absolute Gasteiger partial charge is 0.268 e. The maximum absolute atomic E-state index is 10.6. The molecule has 0 fully saturated rings. The molecule has 0 radical (unpaired) electrons. The summed E-state index contributed by atoms with van der Waals surface area (Å²) in [5.74, 6) is 0.0805. The second kappa shape index (κ2) is 24.6. The number of fused-ring (bicyclic) bond motifs is 4. The van der Waals surface area contributed by atoms with Gasteiger partial charge in [-0.15, -0.1) is 29.7 Å². The summed E-state index contributed by atoms with van der Waals surface area (Å²) in [7, 11) is 0. The first-order valence-electron chi connectivity index (χ1n) is 44.6. The number of para-hydroxylation sites is 1. The van der Waals surface area contributed by atoms with Crippen molar-refractivity contribution in [2.45, 2.75) is 59.2 Å². The summed E-state index contributed by atoms with van der Waals surface area (Å²) in [4.78, 5) is 4.71. The zero-order valence-electron chi connectivity index (χ0n) is 81.5. The minimum atomic E-state index is -2.94. The van der Waals surface area contributed by atoms with Crippen LogP contribution in [0.15, 0.2) is 285 Å². The van der Waals surface area contributed by atoms with Gasteiger partial charge in [-0.25, -0.2) is 4.98 Å². The first-order chi connectivity index (χ1) is 57.6. The van der Waals surface area contributed by atoms with Gasteiger partial charge in [-0.05, 0) is 166 Å². The van der Waals surface area contributed by atoms with E-state index in [1.807, 2.05) is 18.2 Å². The van der Waals surface area contributed by atoms with Gasteiger partial charge in [0.1, 0.15) is 5.82 Å². The Bertz CT molecular complexity index is 6890. The Kier molecular flexibility index (Phi) is 9.08. The maximum atomic E-state index is 10.6. The fraction of sp³-hybridized carbons (Fsp3) is 0.103. The Hall–Kier alpha value is -10.5. The SMILES string of the molecule is [2H]c1c([2H])c([2H])c(-c2cc(-c3c([2H])c([2H])c([2H])c([2H])c3[2H])c(-[n+]3[c-]n(-c4[c-]c(Oc5[c-]c6c(cc5)c5ccccc5n6-c5cc(C([2H])([2H])[2H])c(-c6c([2H])c([2H])c([2H])c([2H])c6[2H])cn5)ccc4)c4cc(-c5cc(C(C)(C)C)cc(C(C)(C)C)c5)ccc43)c(-c3c([2H])c(-c4c([2H])c([2H])c([2H])c([2H])c4[2H])c([2H])c(-c4c([2H])c([2H])c([2H])c([2H])c4[2H])c3[2H])c2)c([2H])c1[2H].[Pt]. The molecule has 0 unspecified atom stereocenters. The molecule has 0 aliphatic heterocycles. The number of benzene rings is 12. The van der Waals surface area contributed by atoms with Gasteiger partial charge in [0.15, 0.2) is 0 Å². The Labute approximate surface area is 603 Å². The molecule has 3 heterocycles. The molecule has 12 aromatic carbocycles. The topological polar surface area (TPSA) is 35.9 Å². The standard InChI is InChI=1S/C87H68N4O.Pt/c1-58-44-84(88-56-79(58)63-34-21-12-22-35-63)91-80-39-24-23-38-75(80)76-42-41-74(55-82(76)91)92-73-37-25-36-72(54-73)89-57-90(81-43-40-64(52-83(81)89)67-48-70(86(2,3)4)53-71(49-67)87(5,6)7)85-77(62-32-19-11-20-33-62)50-68(61-30-17-10-18-31-61)51-78(85)69-46-65(59-26-13-8-14-27-59)45-66(47-69)60-28-15-9-16-29-60;/h8-53,56H,1-7H3;/q-2;/i1D3,8D,9D,10D,11D,12D,13D,14D,15D,16D,17D,18D,19D,20D,21D,22D,26D,27D,28D,29D,30D,31D,32D,33D,34D,35D,45D,46D,47D;. The summed E-state index contributed by atoms with van der Waals surface area (Å²) in [6.45, 7) is 9.43. The number of aromatic nitrogens is 4. The fourth-order valence-corrected chi connectivity index (χ4v) is 11.1. The molecule has 0 N–H and O–H groups in total. The number of rotatable bonds is 12. The minimum Gasteiger partial charge on any atom is -0.510 e. The van der Waals surface area contributed by atoms with Crippen molar-refractivity contribution in [2.24, 2.45) is 0 Å². The molecular formula is C87H68N4OPt-2. The van der Waals surface area contributed by atoms with E-state index in [1.165, 1.54) is 21.3 Å². The van der Waals surface area contributed by atoms with Gasteiger partial charge >= 0.3 is 0 Å². The molecule has 3 aromatic heterocycles. The van der Waals surface area contributed by atoms with Gasteiger partial charge in [-0.2, -0.15) is 18.2 Å². The first-order valence-corrected chi connectivity index (χ1v) is 29.1. The number of nitrogens with zero attached hydrogens (tertiary/aromatic N) is 4. The van der Waals surface area contributed by atoms with E-state index in [0.717, 1.165) is 23.4 Å². The summed E-state index contributed by atoms with van der Waals surface area (Å²) in [5, 5.41) is 1.25. The molecule has 0 atom stereocenters. The van der Waals surface area contributed by atoms with Gasteiger partial charge < -0.3 is 13.9 Å². The van der Waals surface area contributed by atoms with Gasteiger partial charge in [-0.1, -0.05) is 247 Å². The van der Waals surface area contributed by atoms with Gasteiger partial charge in [-0.3, -0.25) is 4.57 Å². The zero-order chi connectivity index (χ0) is 89.5. The average Bonchev–Trinajstić information content (AvgIpc) is 0.989. The fourth-order valence-electron chi connectivity index (χ4n) is 11.1. The maximum Gasteiger partial charge on any atom is 0.268 e. The summed E-state index contributed by atoms with van der Waals surface area (Å²) < 4.78 is 295. The van der Waals surface area contributed by atoms with E-state index in [1.54, 1.807) is 71.3 Å². The summed E-state index contributed by atoms with van der Waals surface area (Å²) >= 11 is 0. The summed E-state index contributed by atoms with van der Waals surface area (Å²) in [6, 6.07) is 11.8. The Morgan fingerprint density at radius 3 is 1.59 bits per heavy atom. The van der Waals surface area contributed by atoms with Crippen molar-refractivity contribution in [1.82, 2.24) is 14.1 Å². The van der Waals surface area contributed by atoms with Crippen LogP contribution in [0, 0.1) is 25.3 Å². The quantitative estimate of drug-likeness (QED) is 0.0903. The van der Waals surface area contributed by atoms with Crippen molar-refractivity contribution in [3.63, 3.8) is 0 Å². The van der Waals surface area contributed by atoms with Crippen molar-refractivity contribution in [3.8, 4) is 107 Å². The van der Waals surface area contributed by atoms with Crippen molar-refractivity contribution in [1.29, 1.82) is 0 Å². The third-order valence-corrected chi connectivity index (χ3v) is 15.7. The van der Waals surface area contributed by atoms with Crippen LogP contribution in [0.2, 0.25) is 0 Å². The molecule has 0 aliphatic rings. The number of aryl methyl sites for hydroxylation is 1. The van der Waals surface area contributed by atoms with Crippen LogP contribution in [-0.2, 0) is 31.9 Å². The number of hydrogen-bond acceptors (Lipinski definition) is 2. The first kappa shape index (κ1) is 34.3. The third kappa shape index (κ3) is 11.8. The van der Waals surface area contributed by atoms with Crippen LogP contribution in [-0.4, -0.2) is 14.1 Å². The summed E-state index contributed by atoms with van der Waals surface area (Å²) in [5.41, 5.74) is -4.83.